The van der Waals surface area contributed by atoms with Gasteiger partial charge in [-0.3, -0.25) is 4.79 Å². The van der Waals surface area contributed by atoms with Crippen molar-refractivity contribution in [1.82, 2.24) is 0 Å². The molecule has 0 heterocycles. The number of carbonyl (C=O) groups excluding carboxylic acids is 4. The van der Waals surface area contributed by atoms with Crippen molar-refractivity contribution in [2.24, 2.45) is 11.8 Å². The van der Waals surface area contributed by atoms with Crippen LogP contribution in [0.25, 0.3) is 0 Å². The maximum absolute atomic E-state index is 12.1. The molecule has 0 spiro atoms. The zero-order valence-corrected chi connectivity index (χ0v) is 16.3. The molecular formula is C22H26O7. The molecule has 7 nitrogen and oxygen atoms in total. The van der Waals surface area contributed by atoms with Gasteiger partial charge >= 0.3 is 23.9 Å². The van der Waals surface area contributed by atoms with Crippen molar-refractivity contribution >= 4 is 23.9 Å². The first-order valence-electron chi connectivity index (χ1n) is 9.68. The number of esters is 4. The summed E-state index contributed by atoms with van der Waals surface area (Å²) in [5.74, 6) is -4.08. The van der Waals surface area contributed by atoms with Gasteiger partial charge in [-0.1, -0.05) is 24.3 Å². The lowest BCUT2D eigenvalue weighted by Crippen LogP contribution is -2.30. The van der Waals surface area contributed by atoms with E-state index in [1.54, 1.807) is 24.3 Å². The summed E-state index contributed by atoms with van der Waals surface area (Å²) in [6.45, 7) is 7.27. The van der Waals surface area contributed by atoms with Gasteiger partial charge in [-0.15, -0.1) is 13.2 Å². The van der Waals surface area contributed by atoms with Crippen molar-refractivity contribution in [2.45, 2.75) is 51.0 Å². The maximum Gasteiger partial charge on any atom is 0.343 e. The lowest BCUT2D eigenvalue weighted by Gasteiger charge is -2.14. The highest BCUT2D eigenvalue weighted by molar-refractivity contribution is 6.00. The first-order valence-corrected chi connectivity index (χ1v) is 9.68. The lowest BCUT2D eigenvalue weighted by atomic mass is 9.98. The van der Waals surface area contributed by atoms with E-state index >= 15 is 0 Å². The quantitative estimate of drug-likeness (QED) is 0.359. The van der Waals surface area contributed by atoms with E-state index in [4.69, 9.17) is 4.74 Å². The van der Waals surface area contributed by atoms with Gasteiger partial charge in [0, 0.05) is 11.1 Å². The molecule has 0 radical (unpaired) electrons. The third-order valence-corrected chi connectivity index (χ3v) is 5.04. The summed E-state index contributed by atoms with van der Waals surface area (Å²) in [5, 5.41) is 9.86. The molecule has 0 saturated carbocycles. The molecule has 2 aliphatic carbocycles. The second kappa shape index (κ2) is 10.7. The number of aliphatic hydroxyl groups is 1. The summed E-state index contributed by atoms with van der Waals surface area (Å²) in [5.41, 5.74) is 0.761. The van der Waals surface area contributed by atoms with Crippen LogP contribution in [0.3, 0.4) is 0 Å². The smallest absolute Gasteiger partial charge is 0.343 e. The van der Waals surface area contributed by atoms with Gasteiger partial charge in [0.2, 0.25) is 0 Å². The first kappa shape index (κ1) is 22.5. The molecular weight excluding hydrogens is 376 g/mol. The summed E-state index contributed by atoms with van der Waals surface area (Å²) >= 11 is 0. The van der Waals surface area contributed by atoms with E-state index in [0.29, 0.717) is 36.8 Å². The molecule has 2 rings (SSSR count). The van der Waals surface area contributed by atoms with Gasteiger partial charge in [-0.25, -0.2) is 14.4 Å². The average Bonchev–Trinajstić information content (AvgIpc) is 3.31. The Morgan fingerprint density at radius 2 is 1.45 bits per heavy atom. The molecule has 29 heavy (non-hydrogen) atoms. The molecule has 0 aromatic rings. The van der Waals surface area contributed by atoms with E-state index in [1.165, 1.54) is 0 Å². The van der Waals surface area contributed by atoms with E-state index in [0.717, 1.165) is 12.8 Å². The standard InChI is InChI=1S/C22H26O7/c1-3-7-14-9-5-11-16(14)20(25)28-19(24)13-18(23)22(27)29-21(26)17-12-6-10-15(17)8-4-2/h3-4,11-12,14-15,18,23H,1-2,5-10,13H2. The van der Waals surface area contributed by atoms with Crippen molar-refractivity contribution in [3.8, 4) is 0 Å². The number of rotatable bonds is 9. The molecule has 3 atom stereocenters. The Balaban J connectivity index is 1.83. The van der Waals surface area contributed by atoms with Crippen LogP contribution in [0.4, 0.5) is 0 Å². The van der Waals surface area contributed by atoms with Gasteiger partial charge in [-0.05, 0) is 50.4 Å². The number of allylic oxidation sites excluding steroid dienone is 4. The van der Waals surface area contributed by atoms with Crippen LogP contribution in [-0.2, 0) is 28.7 Å². The Bertz CT molecular complexity index is 759. The molecule has 0 aromatic heterocycles. The second-order valence-corrected chi connectivity index (χ2v) is 7.11. The Hall–Kier alpha value is -2.80. The highest BCUT2D eigenvalue weighted by Gasteiger charge is 2.31. The van der Waals surface area contributed by atoms with E-state index in [9.17, 15) is 24.3 Å². The van der Waals surface area contributed by atoms with E-state index in [1.807, 2.05) is 0 Å². The third kappa shape index (κ3) is 6.09. The maximum atomic E-state index is 12.1. The van der Waals surface area contributed by atoms with Crippen LogP contribution in [0, 0.1) is 11.8 Å². The molecule has 7 heteroatoms. The molecule has 0 bridgehead atoms. The fourth-order valence-electron chi connectivity index (χ4n) is 3.58. The van der Waals surface area contributed by atoms with Gasteiger partial charge in [0.25, 0.3) is 0 Å². The van der Waals surface area contributed by atoms with Crippen LogP contribution in [0.1, 0.15) is 44.9 Å². The molecule has 0 aromatic carbocycles. The predicted octanol–water partition coefficient (Wildman–Crippen LogP) is 2.70. The second-order valence-electron chi connectivity index (χ2n) is 7.11. The lowest BCUT2D eigenvalue weighted by molar-refractivity contribution is -0.169. The monoisotopic (exact) mass is 402 g/mol. The van der Waals surface area contributed by atoms with Crippen molar-refractivity contribution in [1.29, 1.82) is 0 Å². The Kier molecular flexibility index (Phi) is 8.27. The summed E-state index contributed by atoms with van der Waals surface area (Å²) < 4.78 is 9.41. The topological polar surface area (TPSA) is 107 Å². The third-order valence-electron chi connectivity index (χ3n) is 5.04. The fourth-order valence-corrected chi connectivity index (χ4v) is 3.58. The Morgan fingerprint density at radius 1 is 0.966 bits per heavy atom. The number of aliphatic hydroxyl groups excluding tert-OH is 1. The van der Waals surface area contributed by atoms with E-state index < -0.39 is 36.4 Å². The van der Waals surface area contributed by atoms with Gasteiger partial charge in [0.15, 0.2) is 6.10 Å². The largest absolute Gasteiger partial charge is 0.390 e. The van der Waals surface area contributed by atoms with Crippen LogP contribution in [0.15, 0.2) is 48.6 Å². The minimum absolute atomic E-state index is 0.0523. The van der Waals surface area contributed by atoms with E-state index in [-0.39, 0.29) is 11.8 Å². The number of ether oxygens (including phenoxy) is 2. The summed E-state index contributed by atoms with van der Waals surface area (Å²) in [6.07, 6.45) is 8.18. The average molecular weight is 402 g/mol. The normalized spacial score (nSPS) is 21.6. The molecule has 3 unspecified atom stereocenters. The molecule has 0 saturated heterocycles. The van der Waals surface area contributed by atoms with Crippen molar-refractivity contribution in [3.63, 3.8) is 0 Å². The highest BCUT2D eigenvalue weighted by atomic mass is 16.6. The zero-order chi connectivity index (χ0) is 21.4. The molecule has 0 aliphatic heterocycles. The molecule has 0 fully saturated rings. The van der Waals surface area contributed by atoms with Crippen LogP contribution in [-0.4, -0.2) is 35.1 Å². The number of hydrogen-bond acceptors (Lipinski definition) is 7. The van der Waals surface area contributed by atoms with Gasteiger partial charge < -0.3 is 14.6 Å². The van der Waals surface area contributed by atoms with Crippen molar-refractivity contribution in [2.75, 3.05) is 0 Å². The molecule has 2 aliphatic rings. The molecule has 0 amide bonds. The van der Waals surface area contributed by atoms with Gasteiger partial charge in [-0.2, -0.15) is 0 Å². The van der Waals surface area contributed by atoms with Gasteiger partial charge in [0.1, 0.15) is 0 Å². The summed E-state index contributed by atoms with van der Waals surface area (Å²) in [4.78, 5) is 48.1. The fraction of sp³-hybridized carbons (Fsp3) is 0.455. The van der Waals surface area contributed by atoms with Crippen LogP contribution < -0.4 is 0 Å². The minimum atomic E-state index is -1.90. The number of carbonyl (C=O) groups is 4. The van der Waals surface area contributed by atoms with Crippen LogP contribution >= 0.6 is 0 Å². The van der Waals surface area contributed by atoms with Gasteiger partial charge in [0.05, 0.1) is 6.42 Å². The molecule has 156 valence electrons. The predicted molar refractivity (Wildman–Crippen MR) is 104 cm³/mol. The summed E-state index contributed by atoms with van der Waals surface area (Å²) in [7, 11) is 0. The van der Waals surface area contributed by atoms with Crippen molar-refractivity contribution < 1.29 is 33.8 Å². The van der Waals surface area contributed by atoms with Crippen LogP contribution in [0.2, 0.25) is 0 Å². The highest BCUT2D eigenvalue weighted by Crippen LogP contribution is 2.31. The number of hydrogen-bond donors (Lipinski definition) is 1. The van der Waals surface area contributed by atoms with E-state index in [2.05, 4.69) is 17.9 Å². The molecule has 1 N–H and O–H groups in total. The van der Waals surface area contributed by atoms with Crippen molar-refractivity contribution in [3.05, 3.63) is 48.6 Å². The first-order chi connectivity index (χ1) is 13.9. The Labute approximate surface area is 169 Å². The van der Waals surface area contributed by atoms with Crippen LogP contribution in [0.5, 0.6) is 0 Å². The SMILES string of the molecule is C=CCC1CCC=C1C(=O)OC(=O)CC(O)C(=O)OC(=O)C1=CCCC1CC=C. The zero-order valence-electron chi connectivity index (χ0n) is 16.3. The Morgan fingerprint density at radius 3 is 1.93 bits per heavy atom. The summed E-state index contributed by atoms with van der Waals surface area (Å²) in [6, 6.07) is 0. The minimum Gasteiger partial charge on any atom is -0.390 e.